The number of rotatable bonds is 5. The summed E-state index contributed by atoms with van der Waals surface area (Å²) >= 11 is 0. The van der Waals surface area contributed by atoms with Crippen molar-refractivity contribution in [3.8, 4) is 5.75 Å². The van der Waals surface area contributed by atoms with E-state index in [-0.39, 0.29) is 17.8 Å². The number of hydrogen-bond acceptors (Lipinski definition) is 6. The quantitative estimate of drug-likeness (QED) is 0.647. The molecule has 2 N–H and O–H groups in total. The Kier molecular flexibility index (Phi) is 5.11. The van der Waals surface area contributed by atoms with Crippen LogP contribution in [0.25, 0.3) is 0 Å². The van der Waals surface area contributed by atoms with E-state index in [4.69, 9.17) is 15.2 Å². The number of non-ortho nitro benzene ring substituents is 1. The lowest BCUT2D eigenvalue weighted by Gasteiger charge is -2.34. The van der Waals surface area contributed by atoms with Crippen LogP contribution in [-0.4, -0.2) is 48.8 Å². The van der Waals surface area contributed by atoms with Gasteiger partial charge in [0, 0.05) is 31.7 Å². The summed E-state index contributed by atoms with van der Waals surface area (Å²) in [5.41, 5.74) is 6.77. The van der Waals surface area contributed by atoms with Crippen molar-refractivity contribution in [1.29, 1.82) is 0 Å². The summed E-state index contributed by atoms with van der Waals surface area (Å²) in [6.07, 6.45) is -0.000608. The fourth-order valence-corrected chi connectivity index (χ4v) is 2.41. The molecule has 0 bridgehead atoms. The average Bonchev–Trinajstić information content (AvgIpc) is 2.47. The summed E-state index contributed by atoms with van der Waals surface area (Å²) in [6.45, 7) is 4.67. The number of nitro benzene ring substituents is 1. The van der Waals surface area contributed by atoms with Crippen LogP contribution >= 0.6 is 0 Å². The molecule has 0 aliphatic carbocycles. The minimum absolute atomic E-state index is 0.000608. The van der Waals surface area contributed by atoms with E-state index < -0.39 is 4.92 Å². The van der Waals surface area contributed by atoms with E-state index in [1.165, 1.54) is 13.2 Å². The van der Waals surface area contributed by atoms with Gasteiger partial charge in [-0.3, -0.25) is 15.0 Å². The second-order valence-corrected chi connectivity index (χ2v) is 5.30. The molecule has 116 valence electrons. The SMILES string of the molecule is COc1cc(CN2CCOC(C(C)N)C2)cc([N+](=O)[O-])c1. The van der Waals surface area contributed by atoms with Crippen molar-refractivity contribution in [3.05, 3.63) is 33.9 Å². The van der Waals surface area contributed by atoms with Crippen LogP contribution < -0.4 is 10.5 Å². The van der Waals surface area contributed by atoms with E-state index in [9.17, 15) is 10.1 Å². The summed E-state index contributed by atoms with van der Waals surface area (Å²) in [5, 5.41) is 11.0. The number of methoxy groups -OCH3 is 1. The molecule has 1 saturated heterocycles. The zero-order valence-electron chi connectivity index (χ0n) is 12.3. The van der Waals surface area contributed by atoms with Crippen LogP contribution in [0.1, 0.15) is 12.5 Å². The van der Waals surface area contributed by atoms with Crippen LogP contribution in [-0.2, 0) is 11.3 Å². The van der Waals surface area contributed by atoms with Crippen molar-refractivity contribution in [1.82, 2.24) is 4.90 Å². The first-order chi connectivity index (χ1) is 9.99. The Hall–Kier alpha value is -1.70. The first kappa shape index (κ1) is 15.7. The lowest BCUT2D eigenvalue weighted by molar-refractivity contribution is -0.385. The Morgan fingerprint density at radius 3 is 2.95 bits per heavy atom. The van der Waals surface area contributed by atoms with Crippen LogP contribution in [0.4, 0.5) is 5.69 Å². The highest BCUT2D eigenvalue weighted by molar-refractivity contribution is 5.42. The van der Waals surface area contributed by atoms with Crippen molar-refractivity contribution in [2.45, 2.75) is 25.6 Å². The molecule has 1 aromatic carbocycles. The van der Waals surface area contributed by atoms with Gasteiger partial charge in [-0.05, 0) is 18.6 Å². The molecule has 21 heavy (non-hydrogen) atoms. The number of morpholine rings is 1. The fourth-order valence-electron chi connectivity index (χ4n) is 2.41. The maximum absolute atomic E-state index is 11.0. The number of benzene rings is 1. The fraction of sp³-hybridized carbons (Fsp3) is 0.571. The third-order valence-corrected chi connectivity index (χ3v) is 3.57. The second-order valence-electron chi connectivity index (χ2n) is 5.30. The molecule has 0 radical (unpaired) electrons. The second kappa shape index (κ2) is 6.84. The Morgan fingerprint density at radius 1 is 1.57 bits per heavy atom. The molecular formula is C14H21N3O4. The molecule has 7 heteroatoms. The molecule has 2 rings (SSSR count). The van der Waals surface area contributed by atoms with Crippen molar-refractivity contribution in [3.63, 3.8) is 0 Å². The molecule has 0 aromatic heterocycles. The topological polar surface area (TPSA) is 90.9 Å². The zero-order valence-corrected chi connectivity index (χ0v) is 12.3. The number of nitro groups is 1. The van der Waals surface area contributed by atoms with Gasteiger partial charge in [0.1, 0.15) is 5.75 Å². The predicted octanol–water partition coefficient (Wildman–Crippen LogP) is 1.15. The van der Waals surface area contributed by atoms with Gasteiger partial charge in [0.25, 0.3) is 5.69 Å². The molecule has 2 unspecified atom stereocenters. The normalized spacial score (nSPS) is 21.0. The molecule has 1 aromatic rings. The molecule has 2 atom stereocenters. The highest BCUT2D eigenvalue weighted by atomic mass is 16.6. The van der Waals surface area contributed by atoms with Crippen molar-refractivity contribution >= 4 is 5.69 Å². The third kappa shape index (κ3) is 4.13. The van der Waals surface area contributed by atoms with Crippen LogP contribution in [0.3, 0.4) is 0 Å². The van der Waals surface area contributed by atoms with Crippen LogP contribution in [0.15, 0.2) is 18.2 Å². The van der Waals surface area contributed by atoms with Gasteiger partial charge in [0.2, 0.25) is 0 Å². The van der Waals surface area contributed by atoms with Gasteiger partial charge in [-0.25, -0.2) is 0 Å². The number of nitrogens with two attached hydrogens (primary N) is 1. The lowest BCUT2D eigenvalue weighted by atomic mass is 10.1. The molecule has 1 fully saturated rings. The van der Waals surface area contributed by atoms with E-state index in [0.29, 0.717) is 18.9 Å². The summed E-state index contributed by atoms with van der Waals surface area (Å²) in [4.78, 5) is 12.7. The summed E-state index contributed by atoms with van der Waals surface area (Å²) in [6, 6.07) is 4.79. The molecule has 7 nitrogen and oxygen atoms in total. The maximum Gasteiger partial charge on any atom is 0.273 e. The first-order valence-corrected chi connectivity index (χ1v) is 6.91. The van der Waals surface area contributed by atoms with Gasteiger partial charge in [-0.2, -0.15) is 0 Å². The first-order valence-electron chi connectivity index (χ1n) is 6.91. The molecule has 1 heterocycles. The van der Waals surface area contributed by atoms with Gasteiger partial charge in [0.05, 0.1) is 30.8 Å². The highest BCUT2D eigenvalue weighted by Gasteiger charge is 2.24. The van der Waals surface area contributed by atoms with Crippen LogP contribution in [0.5, 0.6) is 5.75 Å². The van der Waals surface area contributed by atoms with Crippen molar-refractivity contribution in [2.75, 3.05) is 26.8 Å². The van der Waals surface area contributed by atoms with Gasteiger partial charge in [-0.1, -0.05) is 0 Å². The third-order valence-electron chi connectivity index (χ3n) is 3.57. The van der Waals surface area contributed by atoms with Crippen LogP contribution in [0, 0.1) is 10.1 Å². The van der Waals surface area contributed by atoms with E-state index in [0.717, 1.165) is 18.7 Å². The summed E-state index contributed by atoms with van der Waals surface area (Å²) < 4.78 is 10.7. The van der Waals surface area contributed by atoms with Gasteiger partial charge in [0.15, 0.2) is 0 Å². The van der Waals surface area contributed by atoms with Crippen molar-refractivity contribution in [2.24, 2.45) is 5.73 Å². The number of nitrogens with zero attached hydrogens (tertiary/aromatic N) is 2. The van der Waals surface area contributed by atoms with Gasteiger partial charge in [-0.15, -0.1) is 0 Å². The van der Waals surface area contributed by atoms with Crippen molar-refractivity contribution < 1.29 is 14.4 Å². The minimum Gasteiger partial charge on any atom is -0.496 e. The highest BCUT2D eigenvalue weighted by Crippen LogP contribution is 2.24. The van der Waals surface area contributed by atoms with Gasteiger partial charge >= 0.3 is 0 Å². The largest absolute Gasteiger partial charge is 0.496 e. The van der Waals surface area contributed by atoms with E-state index in [2.05, 4.69) is 4.90 Å². The minimum atomic E-state index is -0.407. The summed E-state index contributed by atoms with van der Waals surface area (Å²) in [7, 11) is 1.50. The number of hydrogen-bond donors (Lipinski definition) is 1. The monoisotopic (exact) mass is 295 g/mol. The van der Waals surface area contributed by atoms with Crippen LogP contribution in [0.2, 0.25) is 0 Å². The lowest BCUT2D eigenvalue weighted by Crippen LogP contribution is -2.49. The smallest absolute Gasteiger partial charge is 0.273 e. The van der Waals surface area contributed by atoms with E-state index in [1.807, 2.05) is 13.0 Å². The Labute approximate surface area is 123 Å². The average molecular weight is 295 g/mol. The molecular weight excluding hydrogens is 274 g/mol. The Bertz CT molecular complexity index is 507. The predicted molar refractivity (Wildman–Crippen MR) is 78.3 cm³/mol. The summed E-state index contributed by atoms with van der Waals surface area (Å²) in [5.74, 6) is 0.496. The molecule has 0 saturated carbocycles. The molecule has 1 aliphatic rings. The zero-order chi connectivity index (χ0) is 15.4. The Morgan fingerprint density at radius 2 is 2.33 bits per heavy atom. The Balaban J connectivity index is 2.11. The molecule has 0 amide bonds. The maximum atomic E-state index is 11.0. The standard InChI is InChI=1S/C14H21N3O4/c1-10(15)14-9-16(3-4-21-14)8-11-5-12(17(18)19)7-13(6-11)20-2/h5-7,10,14H,3-4,8-9,15H2,1-2H3. The molecule has 1 aliphatic heterocycles. The van der Waals surface area contributed by atoms with E-state index >= 15 is 0 Å². The molecule has 0 spiro atoms. The number of ether oxygens (including phenoxy) is 2. The van der Waals surface area contributed by atoms with E-state index in [1.54, 1.807) is 6.07 Å². The van der Waals surface area contributed by atoms with Gasteiger partial charge < -0.3 is 15.2 Å².